The molecule has 5 rings (SSSR count). The first-order chi connectivity index (χ1) is 14.9. The molecule has 8 nitrogen and oxygen atoms in total. The standard InChI is InChI=1S/C21H23F2N5O3/c1-21(20(22)23)11-13-9-15(16(10-17(13)31-21)27-5-7-30-8-6-27)26-19(29)14-12-25-28-4-2-3-24-18(14)28/h2-4,9-10,12,19-20,26,29H,5-8,11H2,1H3/t19?,21-/m1/s1. The Bertz CT molecular complexity index is 1100. The number of aromatic nitrogens is 3. The molecule has 4 heterocycles. The first-order valence-corrected chi connectivity index (χ1v) is 10.1. The highest BCUT2D eigenvalue weighted by Gasteiger charge is 2.44. The van der Waals surface area contributed by atoms with Crippen LogP contribution in [0.4, 0.5) is 20.2 Å². The van der Waals surface area contributed by atoms with Gasteiger partial charge in [-0.1, -0.05) is 0 Å². The van der Waals surface area contributed by atoms with E-state index in [1.807, 2.05) is 0 Å². The van der Waals surface area contributed by atoms with E-state index in [9.17, 15) is 13.9 Å². The number of fused-ring (bicyclic) bond motifs is 2. The molecular weight excluding hydrogens is 408 g/mol. The monoisotopic (exact) mass is 431 g/mol. The van der Waals surface area contributed by atoms with Gasteiger partial charge in [0, 0.05) is 43.5 Å². The first-order valence-electron chi connectivity index (χ1n) is 10.1. The SMILES string of the molecule is C[C@]1(C(F)F)Cc2cc(NC(O)c3cnn4cccnc34)c(N3CCOCC3)cc2O1. The van der Waals surface area contributed by atoms with Gasteiger partial charge in [0.2, 0.25) is 0 Å². The zero-order valence-electron chi connectivity index (χ0n) is 17.0. The van der Waals surface area contributed by atoms with Crippen molar-refractivity contribution < 1.29 is 23.4 Å². The molecule has 2 aliphatic rings. The fraction of sp³-hybridized carbons (Fsp3) is 0.429. The third-order valence-electron chi connectivity index (χ3n) is 5.77. The van der Waals surface area contributed by atoms with Crippen molar-refractivity contribution in [1.82, 2.24) is 14.6 Å². The largest absolute Gasteiger partial charge is 0.481 e. The fourth-order valence-electron chi connectivity index (χ4n) is 4.08. The summed E-state index contributed by atoms with van der Waals surface area (Å²) < 4.78 is 39.8. The number of aliphatic hydroxyl groups excluding tert-OH is 1. The van der Waals surface area contributed by atoms with Crippen LogP contribution < -0.4 is 15.0 Å². The normalized spacial score (nSPS) is 21.9. The average Bonchev–Trinajstić information content (AvgIpc) is 3.34. The van der Waals surface area contributed by atoms with Crippen molar-refractivity contribution in [3.05, 3.63) is 47.9 Å². The second kappa shape index (κ2) is 7.61. The molecule has 1 aromatic carbocycles. The van der Waals surface area contributed by atoms with Crippen molar-refractivity contribution >= 4 is 17.0 Å². The Labute approximate surface area is 177 Å². The van der Waals surface area contributed by atoms with Crippen LogP contribution in [0.5, 0.6) is 5.75 Å². The summed E-state index contributed by atoms with van der Waals surface area (Å²) in [5, 5.41) is 18.3. The Hall–Kier alpha value is -2.98. The highest BCUT2D eigenvalue weighted by molar-refractivity contribution is 5.75. The predicted octanol–water partition coefficient (Wildman–Crippen LogP) is 2.63. The minimum Gasteiger partial charge on any atom is -0.481 e. The summed E-state index contributed by atoms with van der Waals surface area (Å²) in [5.74, 6) is 0.446. The van der Waals surface area contributed by atoms with Crippen molar-refractivity contribution in [1.29, 1.82) is 0 Å². The summed E-state index contributed by atoms with van der Waals surface area (Å²) in [7, 11) is 0. The number of hydrogen-bond donors (Lipinski definition) is 2. The number of nitrogens with one attached hydrogen (secondary N) is 1. The number of benzene rings is 1. The third kappa shape index (κ3) is 3.55. The van der Waals surface area contributed by atoms with Gasteiger partial charge >= 0.3 is 0 Å². The van der Waals surface area contributed by atoms with Crippen molar-refractivity contribution in [3.8, 4) is 5.75 Å². The molecule has 1 saturated heterocycles. The minimum absolute atomic E-state index is 0.0897. The van der Waals surface area contributed by atoms with Crippen molar-refractivity contribution in [2.75, 3.05) is 36.5 Å². The lowest BCUT2D eigenvalue weighted by Crippen LogP contribution is -2.38. The molecule has 10 heteroatoms. The molecule has 1 fully saturated rings. The molecule has 0 bridgehead atoms. The van der Waals surface area contributed by atoms with Crippen LogP contribution in [0.3, 0.4) is 0 Å². The van der Waals surface area contributed by atoms with Crippen LogP contribution in [0.25, 0.3) is 5.65 Å². The van der Waals surface area contributed by atoms with E-state index in [0.29, 0.717) is 54.5 Å². The Morgan fingerprint density at radius 3 is 2.84 bits per heavy atom. The third-order valence-corrected chi connectivity index (χ3v) is 5.77. The molecule has 2 aromatic heterocycles. The lowest BCUT2D eigenvalue weighted by Gasteiger charge is -2.31. The molecule has 0 saturated carbocycles. The number of nitrogens with zero attached hydrogens (tertiary/aromatic N) is 4. The number of hydrogen-bond acceptors (Lipinski definition) is 7. The van der Waals surface area contributed by atoms with Gasteiger partial charge in [-0.2, -0.15) is 5.10 Å². The van der Waals surface area contributed by atoms with Crippen LogP contribution in [0.15, 0.2) is 36.8 Å². The molecule has 1 unspecified atom stereocenters. The van der Waals surface area contributed by atoms with Gasteiger partial charge in [-0.05, 0) is 19.1 Å². The van der Waals surface area contributed by atoms with Gasteiger partial charge in [-0.25, -0.2) is 18.3 Å². The Kier molecular flexibility index (Phi) is 4.90. The highest BCUT2D eigenvalue weighted by atomic mass is 19.3. The van der Waals surface area contributed by atoms with Gasteiger partial charge in [-0.3, -0.25) is 0 Å². The molecule has 31 heavy (non-hydrogen) atoms. The van der Waals surface area contributed by atoms with E-state index < -0.39 is 18.3 Å². The van der Waals surface area contributed by atoms with E-state index >= 15 is 0 Å². The van der Waals surface area contributed by atoms with Crippen LogP contribution in [-0.4, -0.2) is 58.0 Å². The number of anilines is 2. The second-order valence-corrected chi connectivity index (χ2v) is 8.00. The van der Waals surface area contributed by atoms with Crippen molar-refractivity contribution in [3.63, 3.8) is 0 Å². The van der Waals surface area contributed by atoms with E-state index in [1.54, 1.807) is 41.3 Å². The van der Waals surface area contributed by atoms with E-state index in [2.05, 4.69) is 20.3 Å². The molecule has 2 N–H and O–H groups in total. The number of morpholine rings is 1. The molecule has 0 aliphatic carbocycles. The quantitative estimate of drug-likeness (QED) is 0.601. The molecule has 0 spiro atoms. The Morgan fingerprint density at radius 1 is 1.26 bits per heavy atom. The average molecular weight is 431 g/mol. The molecule has 3 aromatic rings. The molecule has 164 valence electrons. The molecule has 2 aliphatic heterocycles. The smallest absolute Gasteiger partial charge is 0.277 e. The fourth-order valence-corrected chi connectivity index (χ4v) is 4.08. The van der Waals surface area contributed by atoms with Crippen LogP contribution in [0.1, 0.15) is 24.3 Å². The van der Waals surface area contributed by atoms with Gasteiger partial charge < -0.3 is 24.8 Å². The molecule has 0 radical (unpaired) electrons. The first kappa shape index (κ1) is 20.0. The Balaban J connectivity index is 1.51. The maximum Gasteiger partial charge on any atom is 0.277 e. The van der Waals surface area contributed by atoms with Crippen LogP contribution in [0.2, 0.25) is 0 Å². The summed E-state index contributed by atoms with van der Waals surface area (Å²) in [6.07, 6.45) is 1.32. The lowest BCUT2D eigenvalue weighted by molar-refractivity contribution is -0.0498. The highest BCUT2D eigenvalue weighted by Crippen LogP contribution is 2.44. The number of halogens is 2. The number of rotatable bonds is 5. The Morgan fingerprint density at radius 2 is 2.06 bits per heavy atom. The maximum absolute atomic E-state index is 13.6. The number of ether oxygens (including phenoxy) is 2. The lowest BCUT2D eigenvalue weighted by atomic mass is 9.99. The summed E-state index contributed by atoms with van der Waals surface area (Å²) in [5.41, 5.74) is 1.56. The predicted molar refractivity (Wildman–Crippen MR) is 110 cm³/mol. The van der Waals surface area contributed by atoms with Crippen LogP contribution in [-0.2, 0) is 11.2 Å². The van der Waals surface area contributed by atoms with Gasteiger partial charge in [0.25, 0.3) is 6.43 Å². The summed E-state index contributed by atoms with van der Waals surface area (Å²) in [6, 6.07) is 5.31. The number of alkyl halides is 2. The number of aliphatic hydroxyl groups is 1. The zero-order chi connectivity index (χ0) is 21.6. The second-order valence-electron chi connectivity index (χ2n) is 8.00. The summed E-state index contributed by atoms with van der Waals surface area (Å²) in [6.45, 7) is 3.83. The van der Waals surface area contributed by atoms with Gasteiger partial charge in [0.15, 0.2) is 17.5 Å². The van der Waals surface area contributed by atoms with Crippen LogP contribution in [0, 0.1) is 0 Å². The van der Waals surface area contributed by atoms with E-state index in [-0.39, 0.29) is 6.42 Å². The van der Waals surface area contributed by atoms with Gasteiger partial charge in [0.1, 0.15) is 5.75 Å². The molecule has 2 atom stereocenters. The van der Waals surface area contributed by atoms with E-state index in [1.165, 1.54) is 6.92 Å². The minimum atomic E-state index is -2.61. The summed E-state index contributed by atoms with van der Waals surface area (Å²) in [4.78, 5) is 6.37. The van der Waals surface area contributed by atoms with Gasteiger partial charge in [-0.15, -0.1) is 0 Å². The topological polar surface area (TPSA) is 84.2 Å². The molecular formula is C21H23F2N5O3. The maximum atomic E-state index is 13.6. The van der Waals surface area contributed by atoms with Crippen molar-refractivity contribution in [2.24, 2.45) is 0 Å². The van der Waals surface area contributed by atoms with Gasteiger partial charge in [0.05, 0.1) is 36.3 Å². The molecule has 0 amide bonds. The van der Waals surface area contributed by atoms with E-state index in [0.717, 1.165) is 5.69 Å². The van der Waals surface area contributed by atoms with Crippen molar-refractivity contribution in [2.45, 2.75) is 31.6 Å². The van der Waals surface area contributed by atoms with Crippen LogP contribution >= 0.6 is 0 Å². The zero-order valence-corrected chi connectivity index (χ0v) is 17.0. The van der Waals surface area contributed by atoms with E-state index in [4.69, 9.17) is 9.47 Å². The summed E-state index contributed by atoms with van der Waals surface area (Å²) >= 11 is 0.